The molecule has 0 atom stereocenters. The molecule has 0 radical (unpaired) electrons. The second kappa shape index (κ2) is 5.30. The van der Waals surface area contributed by atoms with Gasteiger partial charge in [0, 0.05) is 6.21 Å². The van der Waals surface area contributed by atoms with Crippen LogP contribution in [0.15, 0.2) is 29.4 Å². The van der Waals surface area contributed by atoms with E-state index >= 15 is 0 Å². The topological polar surface area (TPSA) is 88.1 Å². The van der Waals surface area contributed by atoms with Crippen molar-refractivity contribution >= 4 is 24.1 Å². The predicted octanol–water partition coefficient (Wildman–Crippen LogP) is 0.624. The largest absolute Gasteiger partial charge is 0.452 e. The molecule has 1 aliphatic rings. The van der Waals surface area contributed by atoms with E-state index < -0.39 is 6.09 Å². The van der Waals surface area contributed by atoms with Crippen molar-refractivity contribution in [2.24, 2.45) is 5.10 Å². The maximum atomic E-state index is 11.9. The molecule has 1 N–H and O–H groups in total. The van der Waals surface area contributed by atoms with Crippen LogP contribution < -0.4 is 5.43 Å². The van der Waals surface area contributed by atoms with E-state index in [4.69, 9.17) is 0 Å². The average Bonchev–Trinajstić information content (AvgIpc) is 2.68. The lowest BCUT2D eigenvalue weighted by atomic mass is 10.1. The second-order valence-electron chi connectivity index (χ2n) is 3.68. The first-order valence-electron chi connectivity index (χ1n) is 5.46. The van der Waals surface area contributed by atoms with Crippen molar-refractivity contribution in [2.45, 2.75) is 0 Å². The van der Waals surface area contributed by atoms with E-state index in [9.17, 15) is 14.4 Å². The number of carbonyl (C=O) groups is 3. The van der Waals surface area contributed by atoms with Gasteiger partial charge in [0.05, 0.1) is 24.8 Å². The van der Waals surface area contributed by atoms with E-state index in [2.05, 4.69) is 15.3 Å². The van der Waals surface area contributed by atoms with Gasteiger partial charge in [-0.25, -0.2) is 10.2 Å². The molecule has 0 bridgehead atoms. The maximum absolute atomic E-state index is 11.9. The van der Waals surface area contributed by atoms with Gasteiger partial charge in [0.2, 0.25) is 0 Å². The third-order valence-electron chi connectivity index (χ3n) is 2.57. The summed E-state index contributed by atoms with van der Waals surface area (Å²) in [5, 5.41) is 3.54. The van der Waals surface area contributed by atoms with Gasteiger partial charge in [0.15, 0.2) is 0 Å². The summed E-state index contributed by atoms with van der Waals surface area (Å²) in [7, 11) is 1.20. The molecule has 0 aromatic heterocycles. The third-order valence-corrected chi connectivity index (χ3v) is 2.57. The quantitative estimate of drug-likeness (QED) is 0.491. The lowest BCUT2D eigenvalue weighted by molar-refractivity contribution is 0.0679. The Bertz CT molecular complexity index is 533. The number of rotatable bonds is 3. The lowest BCUT2D eigenvalue weighted by Gasteiger charge is -2.09. The molecular formula is C12H11N3O4. The van der Waals surface area contributed by atoms with Crippen LogP contribution in [0.3, 0.4) is 0 Å². The first kappa shape index (κ1) is 12.7. The van der Waals surface area contributed by atoms with E-state index in [1.165, 1.54) is 13.3 Å². The molecule has 1 aromatic carbocycles. The minimum atomic E-state index is -0.724. The fourth-order valence-corrected chi connectivity index (χ4v) is 1.67. The van der Waals surface area contributed by atoms with Crippen LogP contribution in [0.25, 0.3) is 0 Å². The van der Waals surface area contributed by atoms with Crippen LogP contribution in [0.5, 0.6) is 0 Å². The second-order valence-corrected chi connectivity index (χ2v) is 3.68. The van der Waals surface area contributed by atoms with Crippen LogP contribution in [-0.4, -0.2) is 42.7 Å². The summed E-state index contributed by atoms with van der Waals surface area (Å²) in [5.74, 6) is -0.741. The minimum Gasteiger partial charge on any atom is -0.452 e. The SMILES string of the molecule is COC(=O)N/N=C/CN1C(=O)c2ccccc2C1=O. The van der Waals surface area contributed by atoms with Gasteiger partial charge < -0.3 is 4.74 Å². The number of fused-ring (bicyclic) bond motifs is 1. The zero-order valence-electron chi connectivity index (χ0n) is 10.1. The highest BCUT2D eigenvalue weighted by atomic mass is 16.5. The number of nitrogens with one attached hydrogen (secondary N) is 1. The number of ether oxygens (including phenoxy) is 1. The maximum Gasteiger partial charge on any atom is 0.427 e. The van der Waals surface area contributed by atoms with Crippen LogP contribution in [0.1, 0.15) is 20.7 Å². The van der Waals surface area contributed by atoms with Crippen LogP contribution in [0.4, 0.5) is 4.79 Å². The van der Waals surface area contributed by atoms with E-state index in [-0.39, 0.29) is 18.4 Å². The molecule has 19 heavy (non-hydrogen) atoms. The zero-order valence-corrected chi connectivity index (χ0v) is 10.1. The van der Waals surface area contributed by atoms with Crippen LogP contribution in [0.2, 0.25) is 0 Å². The van der Waals surface area contributed by atoms with E-state index in [1.807, 2.05) is 0 Å². The highest BCUT2D eigenvalue weighted by Gasteiger charge is 2.34. The molecular weight excluding hydrogens is 250 g/mol. The first-order valence-corrected chi connectivity index (χ1v) is 5.46. The van der Waals surface area contributed by atoms with Gasteiger partial charge in [-0.1, -0.05) is 12.1 Å². The van der Waals surface area contributed by atoms with Gasteiger partial charge in [-0.3, -0.25) is 14.5 Å². The molecule has 0 saturated carbocycles. The van der Waals surface area contributed by atoms with Crippen molar-refractivity contribution in [1.82, 2.24) is 10.3 Å². The summed E-state index contributed by atoms with van der Waals surface area (Å²) in [4.78, 5) is 35.6. The highest BCUT2D eigenvalue weighted by Crippen LogP contribution is 2.21. The molecule has 1 aliphatic heterocycles. The molecule has 98 valence electrons. The fourth-order valence-electron chi connectivity index (χ4n) is 1.67. The molecule has 0 fully saturated rings. The van der Waals surface area contributed by atoms with Crippen molar-refractivity contribution in [3.63, 3.8) is 0 Å². The molecule has 1 aromatic rings. The monoisotopic (exact) mass is 261 g/mol. The van der Waals surface area contributed by atoms with Crippen LogP contribution in [0, 0.1) is 0 Å². The molecule has 7 nitrogen and oxygen atoms in total. The average molecular weight is 261 g/mol. The van der Waals surface area contributed by atoms with Gasteiger partial charge in [-0.05, 0) is 12.1 Å². The van der Waals surface area contributed by atoms with Crippen molar-refractivity contribution < 1.29 is 19.1 Å². The number of benzene rings is 1. The number of carbonyl (C=O) groups excluding carboxylic acids is 3. The standard InChI is InChI=1S/C12H11N3O4/c1-19-12(18)14-13-6-7-15-10(16)8-4-2-3-5-9(8)11(15)17/h2-6H,7H2,1H3,(H,14,18)/b13-6+. The van der Waals surface area contributed by atoms with Crippen LogP contribution >= 0.6 is 0 Å². The normalized spacial score (nSPS) is 13.8. The number of methoxy groups -OCH3 is 1. The van der Waals surface area contributed by atoms with Gasteiger partial charge in [-0.15, -0.1) is 0 Å². The number of hydrogen-bond donors (Lipinski definition) is 1. The molecule has 2 rings (SSSR count). The summed E-state index contributed by atoms with van der Waals surface area (Å²) >= 11 is 0. The molecule has 0 unspecified atom stereocenters. The van der Waals surface area contributed by atoms with Crippen molar-refractivity contribution in [3.05, 3.63) is 35.4 Å². The Kier molecular flexibility index (Phi) is 3.56. The number of hydrazone groups is 1. The zero-order chi connectivity index (χ0) is 13.8. The molecule has 0 saturated heterocycles. The Balaban J connectivity index is 2.03. The Hall–Kier alpha value is -2.70. The Morgan fingerprint density at radius 3 is 2.42 bits per heavy atom. The summed E-state index contributed by atoms with van der Waals surface area (Å²) in [5.41, 5.74) is 2.82. The first-order chi connectivity index (χ1) is 9.15. The van der Waals surface area contributed by atoms with Gasteiger partial charge in [0.1, 0.15) is 0 Å². The van der Waals surface area contributed by atoms with Gasteiger partial charge in [-0.2, -0.15) is 5.10 Å². The van der Waals surface area contributed by atoms with Gasteiger partial charge in [0.25, 0.3) is 11.8 Å². The third kappa shape index (κ3) is 2.44. The number of nitrogens with zero attached hydrogens (tertiary/aromatic N) is 2. The molecule has 0 spiro atoms. The summed E-state index contributed by atoms with van der Waals surface area (Å²) in [6.07, 6.45) is 0.525. The van der Waals surface area contributed by atoms with E-state index in [0.717, 1.165) is 4.90 Å². The summed E-state index contributed by atoms with van der Waals surface area (Å²) in [6, 6.07) is 6.58. The Morgan fingerprint density at radius 2 is 1.89 bits per heavy atom. The van der Waals surface area contributed by atoms with Crippen molar-refractivity contribution in [1.29, 1.82) is 0 Å². The molecule has 3 amide bonds. The minimum absolute atomic E-state index is 0.0175. The fraction of sp³-hybridized carbons (Fsp3) is 0.167. The number of hydrogen-bond acceptors (Lipinski definition) is 5. The predicted molar refractivity (Wildman–Crippen MR) is 65.8 cm³/mol. The molecule has 1 heterocycles. The highest BCUT2D eigenvalue weighted by molar-refractivity contribution is 6.22. The van der Waals surface area contributed by atoms with Crippen molar-refractivity contribution in [2.75, 3.05) is 13.7 Å². The van der Waals surface area contributed by atoms with Crippen LogP contribution in [-0.2, 0) is 4.74 Å². The number of amides is 3. The Morgan fingerprint density at radius 1 is 1.32 bits per heavy atom. The van der Waals surface area contributed by atoms with Gasteiger partial charge >= 0.3 is 6.09 Å². The summed E-state index contributed by atoms with van der Waals surface area (Å²) < 4.78 is 4.30. The Labute approximate surface area is 108 Å². The lowest BCUT2D eigenvalue weighted by Crippen LogP contribution is -2.32. The summed E-state index contributed by atoms with van der Waals surface area (Å²) in [6.45, 7) is -0.0175. The number of imide groups is 1. The van der Waals surface area contributed by atoms with E-state index in [0.29, 0.717) is 11.1 Å². The van der Waals surface area contributed by atoms with E-state index in [1.54, 1.807) is 24.3 Å². The molecule has 7 heteroatoms. The molecule has 0 aliphatic carbocycles. The van der Waals surface area contributed by atoms with Crippen molar-refractivity contribution in [3.8, 4) is 0 Å². The smallest absolute Gasteiger partial charge is 0.427 e.